The van der Waals surface area contributed by atoms with E-state index in [0.29, 0.717) is 12.4 Å². The van der Waals surface area contributed by atoms with Crippen LogP contribution in [0.2, 0.25) is 5.02 Å². The highest BCUT2D eigenvalue weighted by molar-refractivity contribution is 6.30. The second-order valence-electron chi connectivity index (χ2n) is 7.79. The van der Waals surface area contributed by atoms with Crippen molar-refractivity contribution in [2.45, 2.75) is 34.1 Å². The molecular formula is C25H25ClN6. The van der Waals surface area contributed by atoms with Crippen molar-refractivity contribution in [3.8, 4) is 0 Å². The van der Waals surface area contributed by atoms with Crippen LogP contribution in [0.4, 0.5) is 23.1 Å². The molecule has 0 bridgehead atoms. The molecule has 0 unspecified atom stereocenters. The summed E-state index contributed by atoms with van der Waals surface area (Å²) in [5.41, 5.74) is 6.80. The second kappa shape index (κ2) is 9.32. The maximum atomic E-state index is 6.04. The summed E-state index contributed by atoms with van der Waals surface area (Å²) in [6, 6.07) is 17.8. The molecule has 2 N–H and O–H groups in total. The minimum absolute atomic E-state index is 0.580. The van der Waals surface area contributed by atoms with Gasteiger partial charge in [0, 0.05) is 45.5 Å². The molecule has 0 saturated heterocycles. The summed E-state index contributed by atoms with van der Waals surface area (Å²) in [5.74, 6) is 2.10. The van der Waals surface area contributed by atoms with E-state index in [2.05, 4.69) is 30.6 Å². The van der Waals surface area contributed by atoms with Crippen LogP contribution in [-0.2, 0) is 6.42 Å². The van der Waals surface area contributed by atoms with E-state index in [1.165, 1.54) is 0 Å². The van der Waals surface area contributed by atoms with Crippen molar-refractivity contribution in [3.05, 3.63) is 93.7 Å². The smallest absolute Gasteiger partial charge is 0.227 e. The summed E-state index contributed by atoms with van der Waals surface area (Å²) in [7, 11) is 0. The van der Waals surface area contributed by atoms with Crippen molar-refractivity contribution in [2.75, 3.05) is 10.6 Å². The van der Waals surface area contributed by atoms with Crippen molar-refractivity contribution in [1.82, 2.24) is 19.9 Å². The van der Waals surface area contributed by atoms with Gasteiger partial charge in [-0.15, -0.1) is 0 Å². The molecule has 0 aliphatic carbocycles. The molecule has 0 saturated carbocycles. The first-order valence-corrected chi connectivity index (χ1v) is 10.8. The van der Waals surface area contributed by atoms with Crippen molar-refractivity contribution in [3.63, 3.8) is 0 Å². The first-order chi connectivity index (χ1) is 15.4. The van der Waals surface area contributed by atoms with Crippen LogP contribution < -0.4 is 10.6 Å². The molecule has 0 spiro atoms. The van der Waals surface area contributed by atoms with Gasteiger partial charge in [-0.3, -0.25) is 0 Å². The van der Waals surface area contributed by atoms with Crippen LogP contribution in [0.3, 0.4) is 0 Å². The normalized spacial score (nSPS) is 10.8. The Morgan fingerprint density at radius 2 is 1.41 bits per heavy atom. The Morgan fingerprint density at radius 1 is 0.750 bits per heavy atom. The fourth-order valence-electron chi connectivity index (χ4n) is 3.58. The molecule has 7 heteroatoms. The van der Waals surface area contributed by atoms with Gasteiger partial charge in [-0.25, -0.2) is 19.9 Å². The van der Waals surface area contributed by atoms with Crippen molar-refractivity contribution >= 4 is 34.7 Å². The number of hydrogen-bond acceptors (Lipinski definition) is 6. The van der Waals surface area contributed by atoms with Crippen LogP contribution in [0.15, 0.2) is 54.6 Å². The number of nitrogens with zero attached hydrogens (tertiary/aromatic N) is 4. The summed E-state index contributed by atoms with van der Waals surface area (Å²) in [5, 5.41) is 7.49. The van der Waals surface area contributed by atoms with Gasteiger partial charge in [0.05, 0.1) is 0 Å². The fourth-order valence-corrected chi connectivity index (χ4v) is 3.71. The number of halogens is 1. The molecule has 4 aromatic rings. The molecule has 0 fully saturated rings. The van der Waals surface area contributed by atoms with E-state index in [9.17, 15) is 0 Å². The maximum absolute atomic E-state index is 6.04. The van der Waals surface area contributed by atoms with Crippen LogP contribution in [-0.4, -0.2) is 19.9 Å². The van der Waals surface area contributed by atoms with Crippen LogP contribution >= 0.6 is 11.6 Å². The Morgan fingerprint density at radius 3 is 2.09 bits per heavy atom. The SMILES string of the molecule is Cc1cc(C)nc(Nc2cccc(Nc3nc(C)nc(C)c3Cc3ccc(Cl)cc3)c2)n1. The van der Waals surface area contributed by atoms with E-state index in [4.69, 9.17) is 11.6 Å². The van der Waals surface area contributed by atoms with Gasteiger partial charge in [0.25, 0.3) is 0 Å². The molecule has 4 rings (SSSR count). The number of anilines is 4. The molecule has 0 aliphatic rings. The van der Waals surface area contributed by atoms with Crippen molar-refractivity contribution in [2.24, 2.45) is 0 Å². The molecule has 2 heterocycles. The Hall–Kier alpha value is -3.51. The minimum Gasteiger partial charge on any atom is -0.340 e. The molecular weight excluding hydrogens is 420 g/mol. The zero-order valence-corrected chi connectivity index (χ0v) is 19.3. The third-order valence-corrected chi connectivity index (χ3v) is 5.24. The van der Waals surface area contributed by atoms with Gasteiger partial charge in [0.1, 0.15) is 11.6 Å². The maximum Gasteiger partial charge on any atom is 0.227 e. The lowest BCUT2D eigenvalue weighted by Crippen LogP contribution is -2.07. The topological polar surface area (TPSA) is 75.6 Å². The van der Waals surface area contributed by atoms with Crippen LogP contribution in [0, 0.1) is 27.7 Å². The minimum atomic E-state index is 0.580. The highest BCUT2D eigenvalue weighted by atomic mass is 35.5. The third kappa shape index (κ3) is 5.39. The van der Waals surface area contributed by atoms with Crippen molar-refractivity contribution < 1.29 is 0 Å². The first-order valence-electron chi connectivity index (χ1n) is 10.4. The molecule has 6 nitrogen and oxygen atoms in total. The van der Waals surface area contributed by atoms with Gasteiger partial charge >= 0.3 is 0 Å². The lowest BCUT2D eigenvalue weighted by molar-refractivity contribution is 0.965. The molecule has 0 amide bonds. The molecule has 0 aliphatic heterocycles. The second-order valence-corrected chi connectivity index (χ2v) is 8.23. The van der Waals surface area contributed by atoms with Crippen LogP contribution in [0.5, 0.6) is 0 Å². The van der Waals surface area contributed by atoms with Crippen LogP contribution in [0.25, 0.3) is 0 Å². The molecule has 32 heavy (non-hydrogen) atoms. The lowest BCUT2D eigenvalue weighted by atomic mass is 10.0. The van der Waals surface area contributed by atoms with E-state index < -0.39 is 0 Å². The molecule has 2 aromatic carbocycles. The van der Waals surface area contributed by atoms with Gasteiger partial charge in [-0.2, -0.15) is 0 Å². The van der Waals surface area contributed by atoms with Gasteiger partial charge in [-0.1, -0.05) is 29.8 Å². The average Bonchev–Trinajstić information content (AvgIpc) is 2.71. The number of hydrogen-bond donors (Lipinski definition) is 2. The van der Waals surface area contributed by atoms with E-state index in [-0.39, 0.29) is 0 Å². The van der Waals surface area contributed by atoms with Gasteiger partial charge in [0.2, 0.25) is 5.95 Å². The van der Waals surface area contributed by atoms with E-state index in [1.54, 1.807) is 0 Å². The number of aromatic nitrogens is 4. The van der Waals surface area contributed by atoms with E-state index in [1.807, 2.05) is 82.3 Å². The van der Waals surface area contributed by atoms with Crippen molar-refractivity contribution in [1.29, 1.82) is 0 Å². The Bertz CT molecular complexity index is 1230. The van der Waals surface area contributed by atoms with E-state index >= 15 is 0 Å². The van der Waals surface area contributed by atoms with E-state index in [0.717, 1.165) is 56.2 Å². The highest BCUT2D eigenvalue weighted by Gasteiger charge is 2.12. The Labute approximate surface area is 193 Å². The highest BCUT2D eigenvalue weighted by Crippen LogP contribution is 2.26. The predicted molar refractivity (Wildman–Crippen MR) is 130 cm³/mol. The van der Waals surface area contributed by atoms with Gasteiger partial charge < -0.3 is 10.6 Å². The lowest BCUT2D eigenvalue weighted by Gasteiger charge is -2.15. The average molecular weight is 445 g/mol. The largest absolute Gasteiger partial charge is 0.340 e. The quantitative estimate of drug-likeness (QED) is 0.367. The number of nitrogens with one attached hydrogen (secondary N) is 2. The Balaban J connectivity index is 1.61. The summed E-state index contributed by atoms with van der Waals surface area (Å²) in [6.07, 6.45) is 0.708. The molecule has 0 radical (unpaired) electrons. The zero-order chi connectivity index (χ0) is 22.7. The zero-order valence-electron chi connectivity index (χ0n) is 18.6. The number of aryl methyl sites for hydroxylation is 4. The van der Waals surface area contributed by atoms with Gasteiger partial charge in [-0.05, 0) is 69.7 Å². The molecule has 2 aromatic heterocycles. The molecule has 0 atom stereocenters. The number of rotatable bonds is 6. The summed E-state index contributed by atoms with van der Waals surface area (Å²) < 4.78 is 0. The first kappa shape index (κ1) is 21.7. The van der Waals surface area contributed by atoms with Gasteiger partial charge in [0.15, 0.2) is 0 Å². The summed E-state index contributed by atoms with van der Waals surface area (Å²) >= 11 is 6.04. The monoisotopic (exact) mass is 444 g/mol. The number of benzene rings is 2. The fraction of sp³-hybridized carbons (Fsp3) is 0.200. The van der Waals surface area contributed by atoms with Crippen LogP contribution in [0.1, 0.15) is 34.0 Å². The predicted octanol–water partition coefficient (Wildman–Crippen LogP) is 6.23. The Kier molecular flexibility index (Phi) is 6.32. The summed E-state index contributed by atoms with van der Waals surface area (Å²) in [6.45, 7) is 7.83. The summed E-state index contributed by atoms with van der Waals surface area (Å²) in [4.78, 5) is 18.2. The standard InChI is InChI=1S/C25H25ClN6/c1-15-12-16(2)28-25(27-15)32-22-7-5-6-21(14-22)31-24-23(17(3)29-18(4)30-24)13-19-8-10-20(26)11-9-19/h5-12,14H,13H2,1-4H3,(H,27,28,32)(H,29,30,31). The molecule has 162 valence electrons. The third-order valence-electron chi connectivity index (χ3n) is 4.98.